The number of nitrogens with two attached hydrogens (primary N) is 1. The molecule has 1 aliphatic heterocycles. The molecule has 1 heterocycles. The maximum absolute atomic E-state index is 8.36. The molecule has 0 aromatic rings. The molecule has 3 N–H and O–H groups in total. The molecule has 13 heavy (non-hydrogen) atoms. The fourth-order valence-corrected chi connectivity index (χ4v) is 1.81. The van der Waals surface area contributed by atoms with Crippen molar-refractivity contribution in [2.24, 2.45) is 16.8 Å². The molecule has 1 saturated heterocycles. The first-order valence-corrected chi connectivity index (χ1v) is 4.91. The molecule has 0 aromatic carbocycles. The molecule has 4 nitrogen and oxygen atoms in total. The summed E-state index contributed by atoms with van der Waals surface area (Å²) in [4.78, 5) is 2.38. The van der Waals surface area contributed by atoms with E-state index in [0.717, 1.165) is 25.6 Å². The molecule has 0 spiro atoms. The predicted octanol–water partition coefficient (Wildman–Crippen LogP) is 0.855. The standard InChI is InChI=1S/C9H19N3O/c1-8-3-2-5-12(7-8)6-4-9(10)11-13/h8,13H,2-7H2,1H3,(H2,10,11). The topological polar surface area (TPSA) is 61.8 Å². The predicted molar refractivity (Wildman–Crippen MR) is 52.9 cm³/mol. The highest BCUT2D eigenvalue weighted by Gasteiger charge is 2.15. The molecule has 0 bridgehead atoms. The summed E-state index contributed by atoms with van der Waals surface area (Å²) < 4.78 is 0. The van der Waals surface area contributed by atoms with E-state index >= 15 is 0 Å². The minimum atomic E-state index is 0.332. The number of nitrogens with zero attached hydrogens (tertiary/aromatic N) is 2. The molecule has 0 radical (unpaired) electrons. The summed E-state index contributed by atoms with van der Waals surface area (Å²) >= 11 is 0. The Morgan fingerprint density at radius 2 is 2.46 bits per heavy atom. The van der Waals surface area contributed by atoms with Crippen LogP contribution in [0, 0.1) is 5.92 Å². The Balaban J connectivity index is 2.20. The Hall–Kier alpha value is -0.770. The van der Waals surface area contributed by atoms with Gasteiger partial charge in [0.2, 0.25) is 0 Å². The largest absolute Gasteiger partial charge is 0.409 e. The third-order valence-corrected chi connectivity index (χ3v) is 2.55. The molecule has 76 valence electrons. The van der Waals surface area contributed by atoms with Crippen molar-refractivity contribution in [3.05, 3.63) is 0 Å². The third-order valence-electron chi connectivity index (χ3n) is 2.55. The second-order valence-corrected chi connectivity index (χ2v) is 3.89. The SMILES string of the molecule is CC1CCCN(CC/C(N)=N/O)C1. The molecule has 1 rings (SSSR count). The first kappa shape index (κ1) is 10.3. The van der Waals surface area contributed by atoms with Crippen molar-refractivity contribution >= 4 is 5.84 Å². The van der Waals surface area contributed by atoms with Gasteiger partial charge >= 0.3 is 0 Å². The Kier molecular flexibility index (Phi) is 4.02. The van der Waals surface area contributed by atoms with Crippen LogP contribution >= 0.6 is 0 Å². The van der Waals surface area contributed by atoms with Crippen LogP contribution in [0.4, 0.5) is 0 Å². The minimum absolute atomic E-state index is 0.332. The third kappa shape index (κ3) is 3.63. The normalized spacial score (nSPS) is 26.2. The summed E-state index contributed by atoms with van der Waals surface area (Å²) in [5, 5.41) is 11.3. The molecule has 0 saturated carbocycles. The van der Waals surface area contributed by atoms with Crippen molar-refractivity contribution in [3.8, 4) is 0 Å². The molecule has 4 heteroatoms. The van der Waals surface area contributed by atoms with Gasteiger partial charge in [0.05, 0.1) is 0 Å². The van der Waals surface area contributed by atoms with Crippen LogP contribution in [0.5, 0.6) is 0 Å². The molecule has 0 aliphatic carbocycles. The number of piperidine rings is 1. The highest BCUT2D eigenvalue weighted by atomic mass is 16.4. The van der Waals surface area contributed by atoms with E-state index in [1.165, 1.54) is 12.8 Å². The van der Waals surface area contributed by atoms with Crippen molar-refractivity contribution in [1.82, 2.24) is 4.90 Å². The Morgan fingerprint density at radius 3 is 3.08 bits per heavy atom. The summed E-state index contributed by atoms with van der Waals surface area (Å²) in [6, 6.07) is 0. The first-order chi connectivity index (χ1) is 6.22. The van der Waals surface area contributed by atoms with Crippen LogP contribution in [0.3, 0.4) is 0 Å². The van der Waals surface area contributed by atoms with Gasteiger partial charge in [-0.25, -0.2) is 0 Å². The number of likely N-dealkylation sites (tertiary alicyclic amines) is 1. The van der Waals surface area contributed by atoms with Crippen LogP contribution < -0.4 is 5.73 Å². The van der Waals surface area contributed by atoms with Crippen molar-refractivity contribution in [3.63, 3.8) is 0 Å². The molecule has 0 amide bonds. The molecular formula is C9H19N3O. The van der Waals surface area contributed by atoms with Crippen LogP contribution in [0.2, 0.25) is 0 Å². The molecule has 1 unspecified atom stereocenters. The van der Waals surface area contributed by atoms with Crippen LogP contribution in [-0.4, -0.2) is 35.6 Å². The van der Waals surface area contributed by atoms with Crippen molar-refractivity contribution in [2.75, 3.05) is 19.6 Å². The number of rotatable bonds is 3. The van der Waals surface area contributed by atoms with Gasteiger partial charge in [0.15, 0.2) is 0 Å². The van der Waals surface area contributed by atoms with Crippen LogP contribution in [0.15, 0.2) is 5.16 Å². The number of hydrogen-bond donors (Lipinski definition) is 2. The fraction of sp³-hybridized carbons (Fsp3) is 0.889. The highest BCUT2D eigenvalue weighted by molar-refractivity contribution is 5.79. The second-order valence-electron chi connectivity index (χ2n) is 3.89. The monoisotopic (exact) mass is 185 g/mol. The van der Waals surface area contributed by atoms with Gasteiger partial charge in [-0.15, -0.1) is 0 Å². The summed E-state index contributed by atoms with van der Waals surface area (Å²) in [5.41, 5.74) is 5.40. The lowest BCUT2D eigenvalue weighted by molar-refractivity contribution is 0.188. The van der Waals surface area contributed by atoms with Gasteiger partial charge in [0.25, 0.3) is 0 Å². The van der Waals surface area contributed by atoms with Gasteiger partial charge in [0, 0.05) is 19.5 Å². The highest BCUT2D eigenvalue weighted by Crippen LogP contribution is 2.15. The zero-order valence-corrected chi connectivity index (χ0v) is 8.24. The average Bonchev–Trinajstić information content (AvgIpc) is 2.14. The van der Waals surface area contributed by atoms with Gasteiger partial charge < -0.3 is 15.8 Å². The Labute approximate surface area is 79.4 Å². The van der Waals surface area contributed by atoms with Crippen LogP contribution in [0.1, 0.15) is 26.2 Å². The van der Waals surface area contributed by atoms with E-state index in [4.69, 9.17) is 10.9 Å². The van der Waals surface area contributed by atoms with E-state index in [9.17, 15) is 0 Å². The van der Waals surface area contributed by atoms with E-state index in [1.54, 1.807) is 0 Å². The van der Waals surface area contributed by atoms with E-state index in [2.05, 4.69) is 17.0 Å². The number of oxime groups is 1. The lowest BCUT2D eigenvalue weighted by Crippen LogP contribution is -2.36. The maximum Gasteiger partial charge on any atom is 0.140 e. The lowest BCUT2D eigenvalue weighted by Gasteiger charge is -2.30. The van der Waals surface area contributed by atoms with Crippen LogP contribution in [-0.2, 0) is 0 Å². The van der Waals surface area contributed by atoms with Crippen molar-refractivity contribution in [1.29, 1.82) is 0 Å². The molecule has 1 aliphatic rings. The zero-order valence-electron chi connectivity index (χ0n) is 8.24. The Morgan fingerprint density at radius 1 is 1.69 bits per heavy atom. The number of amidine groups is 1. The molecule has 0 aromatic heterocycles. The van der Waals surface area contributed by atoms with Crippen molar-refractivity contribution < 1.29 is 5.21 Å². The molecule has 1 atom stereocenters. The summed E-state index contributed by atoms with van der Waals surface area (Å²) in [6.45, 7) is 5.50. The summed E-state index contributed by atoms with van der Waals surface area (Å²) in [7, 11) is 0. The smallest absolute Gasteiger partial charge is 0.140 e. The first-order valence-electron chi connectivity index (χ1n) is 4.91. The lowest BCUT2D eigenvalue weighted by atomic mass is 10.0. The summed E-state index contributed by atoms with van der Waals surface area (Å²) in [5.74, 6) is 1.12. The van der Waals surface area contributed by atoms with Gasteiger partial charge in [-0.2, -0.15) is 0 Å². The van der Waals surface area contributed by atoms with Crippen LogP contribution in [0.25, 0.3) is 0 Å². The van der Waals surface area contributed by atoms with Gasteiger partial charge in [-0.05, 0) is 25.3 Å². The van der Waals surface area contributed by atoms with E-state index < -0.39 is 0 Å². The fourth-order valence-electron chi connectivity index (χ4n) is 1.81. The quantitative estimate of drug-likeness (QED) is 0.296. The number of hydrogen-bond acceptors (Lipinski definition) is 3. The zero-order chi connectivity index (χ0) is 9.68. The van der Waals surface area contributed by atoms with E-state index in [0.29, 0.717) is 12.3 Å². The maximum atomic E-state index is 8.36. The van der Waals surface area contributed by atoms with E-state index in [1.807, 2.05) is 0 Å². The summed E-state index contributed by atoms with van der Waals surface area (Å²) in [6.07, 6.45) is 3.28. The molecule has 1 fully saturated rings. The van der Waals surface area contributed by atoms with Gasteiger partial charge in [-0.3, -0.25) is 0 Å². The van der Waals surface area contributed by atoms with Gasteiger partial charge in [-0.1, -0.05) is 12.1 Å². The Bertz CT molecular complexity index is 182. The van der Waals surface area contributed by atoms with Gasteiger partial charge in [0.1, 0.15) is 5.84 Å². The second kappa shape index (κ2) is 5.07. The average molecular weight is 185 g/mol. The minimum Gasteiger partial charge on any atom is -0.409 e. The van der Waals surface area contributed by atoms with E-state index in [-0.39, 0.29) is 0 Å². The molecular weight excluding hydrogens is 166 g/mol. The van der Waals surface area contributed by atoms with Crippen molar-refractivity contribution in [2.45, 2.75) is 26.2 Å².